The van der Waals surface area contributed by atoms with E-state index >= 15 is 0 Å². The first-order valence-electron chi connectivity index (χ1n) is 8.23. The molecule has 2 N–H and O–H groups in total. The van der Waals surface area contributed by atoms with E-state index in [-0.39, 0.29) is 0 Å². The lowest BCUT2D eigenvalue weighted by atomic mass is 10.2. The molecule has 6 heteroatoms. The standard InChI is InChI=1S/C10H10N2S.C4H9NO.C3H8.C2H5N/c1-7-3-4-9(5-11-7)10-6-12-8(2)13-10;1-3-4-5-6-2;1-3-2;1-2-3/h3-6H,1-2H3;4H,3H2,1-2H3;3H2,1-2H3;2H,1,3H2/b;5-4+;;. The van der Waals surface area contributed by atoms with Gasteiger partial charge in [0.05, 0.1) is 9.88 Å². The summed E-state index contributed by atoms with van der Waals surface area (Å²) in [6.45, 7) is 13.4. The summed E-state index contributed by atoms with van der Waals surface area (Å²) in [5, 5.41) is 4.56. The van der Waals surface area contributed by atoms with Gasteiger partial charge in [-0.15, -0.1) is 11.3 Å². The van der Waals surface area contributed by atoms with E-state index in [1.807, 2.05) is 39.2 Å². The van der Waals surface area contributed by atoms with E-state index in [0.29, 0.717) is 0 Å². The summed E-state index contributed by atoms with van der Waals surface area (Å²) in [7, 11) is 1.53. The van der Waals surface area contributed by atoms with E-state index in [0.717, 1.165) is 22.7 Å². The lowest BCUT2D eigenvalue weighted by Crippen LogP contribution is -1.79. The Labute approximate surface area is 156 Å². The van der Waals surface area contributed by atoms with Crippen molar-refractivity contribution in [2.24, 2.45) is 10.9 Å². The van der Waals surface area contributed by atoms with Gasteiger partial charge in [0.1, 0.15) is 7.11 Å². The van der Waals surface area contributed by atoms with Gasteiger partial charge >= 0.3 is 0 Å². The van der Waals surface area contributed by atoms with Crippen LogP contribution in [0.3, 0.4) is 0 Å². The van der Waals surface area contributed by atoms with Crippen molar-refractivity contribution in [1.29, 1.82) is 0 Å². The van der Waals surface area contributed by atoms with Crippen LogP contribution in [0.4, 0.5) is 0 Å². The van der Waals surface area contributed by atoms with Crippen LogP contribution in [0.1, 0.15) is 44.3 Å². The molecule has 0 aliphatic carbocycles. The molecule has 140 valence electrons. The maximum absolute atomic E-state index is 4.61. The Bertz CT molecular complexity index is 559. The van der Waals surface area contributed by atoms with Crippen molar-refractivity contribution in [3.8, 4) is 10.4 Å². The number of thiazole rings is 1. The molecule has 0 aliphatic heterocycles. The third-order valence-electron chi connectivity index (χ3n) is 2.18. The summed E-state index contributed by atoms with van der Waals surface area (Å²) < 4.78 is 0. The van der Waals surface area contributed by atoms with Crippen LogP contribution in [0, 0.1) is 13.8 Å². The maximum Gasteiger partial charge on any atom is 0.106 e. The number of oxime groups is 1. The highest BCUT2D eigenvalue weighted by Gasteiger charge is 2.00. The Balaban J connectivity index is 0. The third-order valence-corrected chi connectivity index (χ3v) is 3.14. The second-order valence-electron chi connectivity index (χ2n) is 4.75. The zero-order chi connectivity index (χ0) is 19.5. The van der Waals surface area contributed by atoms with Crippen LogP contribution >= 0.6 is 11.3 Å². The molecule has 0 aliphatic rings. The second-order valence-corrected chi connectivity index (χ2v) is 5.99. The molecule has 0 saturated heterocycles. The summed E-state index contributed by atoms with van der Waals surface area (Å²) in [4.78, 5) is 14.0. The van der Waals surface area contributed by atoms with Crippen molar-refractivity contribution in [2.45, 2.75) is 47.5 Å². The minimum absolute atomic E-state index is 0.938. The van der Waals surface area contributed by atoms with Crippen molar-refractivity contribution in [1.82, 2.24) is 9.97 Å². The van der Waals surface area contributed by atoms with E-state index < -0.39 is 0 Å². The van der Waals surface area contributed by atoms with Gasteiger partial charge in [0.2, 0.25) is 0 Å². The number of nitrogens with zero attached hydrogens (tertiary/aromatic N) is 3. The largest absolute Gasteiger partial charge is 0.405 e. The van der Waals surface area contributed by atoms with Gasteiger partial charge in [0.15, 0.2) is 0 Å². The fraction of sp³-hybridized carbons (Fsp3) is 0.421. The average Bonchev–Trinajstić information content (AvgIpc) is 3.02. The fourth-order valence-corrected chi connectivity index (χ4v) is 2.03. The highest BCUT2D eigenvalue weighted by atomic mass is 32.1. The maximum atomic E-state index is 4.61. The van der Waals surface area contributed by atoms with Gasteiger partial charge in [-0.2, -0.15) is 0 Å². The number of rotatable bonds is 3. The summed E-state index contributed by atoms with van der Waals surface area (Å²) in [5.74, 6) is 0. The quantitative estimate of drug-likeness (QED) is 0.588. The molecule has 0 unspecified atom stereocenters. The van der Waals surface area contributed by atoms with Gasteiger partial charge in [-0.1, -0.05) is 45.0 Å². The normalized spacial score (nSPS) is 8.88. The van der Waals surface area contributed by atoms with Crippen molar-refractivity contribution in [2.75, 3.05) is 7.11 Å². The molecule has 5 nitrogen and oxygen atoms in total. The summed E-state index contributed by atoms with van der Waals surface area (Å²) >= 11 is 1.70. The molecular weight excluding hydrogens is 332 g/mol. The first-order chi connectivity index (χ1) is 12.0. The van der Waals surface area contributed by atoms with Gasteiger partial charge in [-0.3, -0.25) is 4.98 Å². The lowest BCUT2D eigenvalue weighted by molar-refractivity contribution is 0.214. The highest BCUT2D eigenvalue weighted by Crippen LogP contribution is 2.24. The molecule has 2 heterocycles. The molecule has 0 atom stereocenters. The third kappa shape index (κ3) is 15.1. The number of hydrogen-bond acceptors (Lipinski definition) is 6. The van der Waals surface area contributed by atoms with E-state index in [4.69, 9.17) is 0 Å². The molecule has 0 bridgehead atoms. The molecule has 2 aromatic rings. The Morgan fingerprint density at radius 3 is 2.12 bits per heavy atom. The zero-order valence-electron chi connectivity index (χ0n) is 16.3. The van der Waals surface area contributed by atoms with Gasteiger partial charge in [-0.05, 0) is 32.5 Å². The molecule has 0 aromatic carbocycles. The van der Waals surface area contributed by atoms with Crippen molar-refractivity contribution < 1.29 is 4.84 Å². The van der Waals surface area contributed by atoms with Crippen molar-refractivity contribution in [3.05, 3.63) is 48.0 Å². The number of pyridine rings is 1. The van der Waals surface area contributed by atoms with Crippen LogP contribution in [-0.2, 0) is 4.84 Å². The zero-order valence-corrected chi connectivity index (χ0v) is 17.1. The first-order valence-corrected chi connectivity index (χ1v) is 9.05. The average molecular weight is 365 g/mol. The molecule has 0 fully saturated rings. The predicted octanol–water partition coefficient (Wildman–Crippen LogP) is 5.36. The van der Waals surface area contributed by atoms with Gasteiger partial charge in [-0.25, -0.2) is 4.98 Å². The summed E-state index contributed by atoms with van der Waals surface area (Å²) in [6.07, 6.45) is 8.93. The summed E-state index contributed by atoms with van der Waals surface area (Å²) in [5.41, 5.74) is 6.81. The smallest absolute Gasteiger partial charge is 0.106 e. The minimum Gasteiger partial charge on any atom is -0.405 e. The number of aryl methyl sites for hydroxylation is 2. The Hall–Kier alpha value is -2.21. The van der Waals surface area contributed by atoms with Crippen molar-refractivity contribution >= 4 is 17.6 Å². The van der Waals surface area contributed by atoms with E-state index in [9.17, 15) is 0 Å². The lowest BCUT2D eigenvalue weighted by Gasteiger charge is -1.95. The second kappa shape index (κ2) is 18.1. The van der Waals surface area contributed by atoms with Crippen LogP contribution in [0.5, 0.6) is 0 Å². The molecule has 0 spiro atoms. The molecule has 2 aromatic heterocycles. The number of hydrogen-bond donors (Lipinski definition) is 1. The molecule has 2 rings (SSSR count). The van der Waals surface area contributed by atoms with Gasteiger partial charge in [0, 0.05) is 29.9 Å². The van der Waals surface area contributed by atoms with Crippen LogP contribution in [-0.4, -0.2) is 23.3 Å². The van der Waals surface area contributed by atoms with Gasteiger partial charge < -0.3 is 10.6 Å². The summed E-state index contributed by atoms with van der Waals surface area (Å²) in [6, 6.07) is 4.10. The minimum atomic E-state index is 0.938. The van der Waals surface area contributed by atoms with Crippen molar-refractivity contribution in [3.63, 3.8) is 0 Å². The molecule has 25 heavy (non-hydrogen) atoms. The predicted molar refractivity (Wildman–Crippen MR) is 111 cm³/mol. The Morgan fingerprint density at radius 2 is 1.80 bits per heavy atom. The first kappa shape index (κ1) is 25.0. The van der Waals surface area contributed by atoms with Crippen LogP contribution in [0.25, 0.3) is 10.4 Å². The monoisotopic (exact) mass is 364 g/mol. The van der Waals surface area contributed by atoms with E-state index in [2.05, 4.69) is 52.2 Å². The molecular formula is C19H32N4OS. The van der Waals surface area contributed by atoms with E-state index in [1.54, 1.807) is 17.6 Å². The molecule has 0 saturated carbocycles. The Kier molecular flexibility index (Phi) is 18.2. The number of nitrogens with two attached hydrogens (primary N) is 1. The van der Waals surface area contributed by atoms with Gasteiger partial charge in [0.25, 0.3) is 0 Å². The van der Waals surface area contributed by atoms with Crippen LogP contribution < -0.4 is 5.73 Å². The van der Waals surface area contributed by atoms with Crippen LogP contribution in [0.2, 0.25) is 0 Å². The van der Waals surface area contributed by atoms with E-state index in [1.165, 1.54) is 24.6 Å². The molecule has 0 amide bonds. The fourth-order valence-electron chi connectivity index (χ4n) is 1.26. The topological polar surface area (TPSA) is 73.4 Å². The Morgan fingerprint density at radius 1 is 1.20 bits per heavy atom. The number of aromatic nitrogens is 2. The molecule has 0 radical (unpaired) electrons. The van der Waals surface area contributed by atoms with Crippen LogP contribution in [0.15, 0.2) is 42.5 Å². The SMILES string of the molecule is C=CN.CC/C=N/OC.CCC.Cc1ccc(-c2cnc(C)s2)cn1. The highest BCUT2D eigenvalue weighted by molar-refractivity contribution is 7.15.